The molecule has 3 aromatic rings. The Hall–Kier alpha value is -1.46. The van der Waals surface area contributed by atoms with E-state index in [9.17, 15) is 13.9 Å². The van der Waals surface area contributed by atoms with E-state index in [4.69, 9.17) is 0 Å². The molecule has 0 aromatic heterocycles. The van der Waals surface area contributed by atoms with E-state index < -0.39 is 17.0 Å². The van der Waals surface area contributed by atoms with Gasteiger partial charge in [0.1, 0.15) is 17.4 Å². The first kappa shape index (κ1) is 16.0. The molecular formula is C19H12Br2F2O. The number of aromatic hydroxyl groups is 1. The summed E-state index contributed by atoms with van der Waals surface area (Å²) in [6.07, 6.45) is 0. The lowest BCUT2D eigenvalue weighted by molar-refractivity contribution is 0.478. The molecule has 3 aromatic carbocycles. The monoisotopic (exact) mass is 452 g/mol. The Morgan fingerprint density at radius 1 is 1.00 bits per heavy atom. The molecule has 5 heteroatoms. The van der Waals surface area contributed by atoms with Crippen LogP contribution >= 0.6 is 31.9 Å². The van der Waals surface area contributed by atoms with Crippen molar-refractivity contribution in [3.8, 4) is 16.9 Å². The Balaban J connectivity index is 2.28. The molecule has 122 valence electrons. The van der Waals surface area contributed by atoms with Gasteiger partial charge < -0.3 is 5.11 Å². The second kappa shape index (κ2) is 5.02. The molecule has 4 rings (SSSR count). The van der Waals surface area contributed by atoms with Gasteiger partial charge in [-0.2, -0.15) is 0 Å². The number of benzene rings is 3. The lowest BCUT2D eigenvalue weighted by Crippen LogP contribution is -2.15. The Morgan fingerprint density at radius 3 is 2.42 bits per heavy atom. The Morgan fingerprint density at radius 2 is 1.71 bits per heavy atom. The van der Waals surface area contributed by atoms with Gasteiger partial charge in [0.05, 0.1) is 0 Å². The third kappa shape index (κ3) is 2.01. The van der Waals surface area contributed by atoms with Crippen LogP contribution in [0.3, 0.4) is 0 Å². The average Bonchev–Trinajstić information content (AvgIpc) is 2.67. The van der Waals surface area contributed by atoms with Crippen LogP contribution in [0, 0.1) is 11.6 Å². The molecule has 0 saturated heterocycles. The average molecular weight is 454 g/mol. The molecule has 0 atom stereocenters. The maximum atomic E-state index is 14.7. The third-order valence-electron chi connectivity index (χ3n) is 4.75. The number of fused-ring (bicyclic) bond motifs is 5. The largest absolute Gasteiger partial charge is 0.507 e. The lowest BCUT2D eigenvalue weighted by Gasteiger charge is -2.23. The molecule has 0 unspecified atom stereocenters. The first-order valence-corrected chi connectivity index (χ1v) is 8.95. The van der Waals surface area contributed by atoms with Crippen molar-refractivity contribution in [1.29, 1.82) is 0 Å². The maximum Gasteiger partial charge on any atom is 0.134 e. The van der Waals surface area contributed by atoms with E-state index in [1.807, 2.05) is 26.0 Å². The van der Waals surface area contributed by atoms with Gasteiger partial charge in [-0.1, -0.05) is 45.7 Å². The number of hydrogen-bond acceptors (Lipinski definition) is 1. The van der Waals surface area contributed by atoms with Crippen molar-refractivity contribution in [3.63, 3.8) is 0 Å². The second-order valence-corrected chi connectivity index (χ2v) is 8.33. The molecule has 24 heavy (non-hydrogen) atoms. The van der Waals surface area contributed by atoms with Gasteiger partial charge in [0.2, 0.25) is 0 Å². The molecule has 0 aliphatic heterocycles. The highest BCUT2D eigenvalue weighted by atomic mass is 79.9. The number of halogens is 4. The van der Waals surface area contributed by atoms with E-state index in [0.717, 1.165) is 31.7 Å². The Bertz CT molecular complexity index is 1040. The smallest absolute Gasteiger partial charge is 0.134 e. The van der Waals surface area contributed by atoms with Crippen LogP contribution < -0.4 is 0 Å². The van der Waals surface area contributed by atoms with Crippen molar-refractivity contribution >= 4 is 42.6 Å². The predicted octanol–water partition coefficient (Wildman–Crippen LogP) is 6.65. The minimum Gasteiger partial charge on any atom is -0.507 e. The summed E-state index contributed by atoms with van der Waals surface area (Å²) in [5.41, 5.74) is 3.02. The standard InChI is InChI=1S/C19H12Br2F2O/c1-19(2)12-7-15(24)10-5-9(22)6-14(23)17(10)16(12)11-3-8(20)4-13(21)18(11)19/h3-7,24H,1-2H3. The minimum atomic E-state index is -0.705. The van der Waals surface area contributed by atoms with Crippen LogP contribution in [0.15, 0.2) is 39.3 Å². The zero-order valence-electron chi connectivity index (χ0n) is 12.8. The maximum absolute atomic E-state index is 14.7. The van der Waals surface area contributed by atoms with Crippen LogP contribution in [0.5, 0.6) is 5.75 Å². The summed E-state index contributed by atoms with van der Waals surface area (Å²) in [7, 11) is 0. The van der Waals surface area contributed by atoms with Crippen LogP contribution in [-0.4, -0.2) is 5.11 Å². The highest BCUT2D eigenvalue weighted by Crippen LogP contribution is 2.56. The molecule has 0 fully saturated rings. The molecule has 1 N–H and O–H groups in total. The summed E-state index contributed by atoms with van der Waals surface area (Å²) in [5.74, 6) is -1.49. The summed E-state index contributed by atoms with van der Waals surface area (Å²) in [5, 5.41) is 10.8. The van der Waals surface area contributed by atoms with Crippen molar-refractivity contribution in [2.24, 2.45) is 0 Å². The summed E-state index contributed by atoms with van der Waals surface area (Å²) in [6, 6.07) is 7.54. The second-order valence-electron chi connectivity index (χ2n) is 6.56. The van der Waals surface area contributed by atoms with Crippen molar-refractivity contribution in [3.05, 3.63) is 62.0 Å². The van der Waals surface area contributed by atoms with Crippen LogP contribution in [0.1, 0.15) is 25.0 Å². The lowest BCUT2D eigenvalue weighted by atomic mass is 9.82. The number of phenols is 1. The van der Waals surface area contributed by atoms with Crippen LogP contribution in [0.2, 0.25) is 0 Å². The normalized spacial score (nSPS) is 14.8. The van der Waals surface area contributed by atoms with Crippen LogP contribution in [0.25, 0.3) is 21.9 Å². The van der Waals surface area contributed by atoms with Gasteiger partial charge in [-0.25, -0.2) is 8.78 Å². The molecular weight excluding hydrogens is 442 g/mol. The third-order valence-corrected chi connectivity index (χ3v) is 5.84. The quantitative estimate of drug-likeness (QED) is 0.403. The number of hydrogen-bond donors (Lipinski definition) is 1. The summed E-state index contributed by atoms with van der Waals surface area (Å²) in [4.78, 5) is 0. The van der Waals surface area contributed by atoms with E-state index >= 15 is 0 Å². The first-order chi connectivity index (χ1) is 11.2. The predicted molar refractivity (Wildman–Crippen MR) is 98.5 cm³/mol. The van der Waals surface area contributed by atoms with Gasteiger partial charge in [-0.05, 0) is 46.5 Å². The first-order valence-electron chi connectivity index (χ1n) is 7.37. The highest BCUT2D eigenvalue weighted by Gasteiger charge is 2.39. The van der Waals surface area contributed by atoms with E-state index in [-0.39, 0.29) is 16.5 Å². The van der Waals surface area contributed by atoms with E-state index in [1.165, 1.54) is 6.07 Å². The zero-order valence-corrected chi connectivity index (χ0v) is 16.0. The number of phenolic OH excluding ortho intramolecular Hbond substituents is 1. The molecule has 1 aliphatic carbocycles. The molecule has 0 spiro atoms. The molecule has 0 amide bonds. The molecule has 0 heterocycles. The Labute approximate surface area is 154 Å². The van der Waals surface area contributed by atoms with Gasteiger partial charge in [0.15, 0.2) is 0 Å². The van der Waals surface area contributed by atoms with Crippen molar-refractivity contribution < 1.29 is 13.9 Å². The fourth-order valence-corrected chi connectivity index (χ4v) is 5.49. The van der Waals surface area contributed by atoms with E-state index in [2.05, 4.69) is 31.9 Å². The fourth-order valence-electron chi connectivity index (χ4n) is 3.76. The van der Waals surface area contributed by atoms with Crippen LogP contribution in [-0.2, 0) is 5.41 Å². The van der Waals surface area contributed by atoms with Gasteiger partial charge in [-0.3, -0.25) is 0 Å². The van der Waals surface area contributed by atoms with Crippen LogP contribution in [0.4, 0.5) is 8.78 Å². The molecule has 0 radical (unpaired) electrons. The van der Waals surface area contributed by atoms with Gasteiger partial charge >= 0.3 is 0 Å². The zero-order chi connectivity index (χ0) is 17.4. The van der Waals surface area contributed by atoms with Gasteiger partial charge in [0.25, 0.3) is 0 Å². The number of rotatable bonds is 0. The minimum absolute atomic E-state index is 0.113. The molecule has 0 saturated carbocycles. The summed E-state index contributed by atoms with van der Waals surface area (Å²) >= 11 is 7.08. The van der Waals surface area contributed by atoms with Gasteiger partial charge in [-0.15, -0.1) is 0 Å². The molecule has 1 aliphatic rings. The van der Waals surface area contributed by atoms with Crippen molar-refractivity contribution in [2.45, 2.75) is 19.3 Å². The highest BCUT2D eigenvalue weighted by molar-refractivity contribution is 9.11. The Kier molecular flexibility index (Phi) is 3.35. The SMILES string of the molecule is CC1(C)c2cc(O)c3cc(F)cc(F)c3c2-c2cc(Br)cc(Br)c21. The van der Waals surface area contributed by atoms with E-state index in [1.54, 1.807) is 6.07 Å². The fraction of sp³-hybridized carbons (Fsp3) is 0.158. The van der Waals surface area contributed by atoms with Crippen molar-refractivity contribution in [2.75, 3.05) is 0 Å². The van der Waals surface area contributed by atoms with E-state index in [0.29, 0.717) is 5.56 Å². The molecule has 1 nitrogen and oxygen atoms in total. The van der Waals surface area contributed by atoms with Gasteiger partial charge in [0, 0.05) is 31.2 Å². The summed E-state index contributed by atoms with van der Waals surface area (Å²) < 4.78 is 30.1. The van der Waals surface area contributed by atoms with Crippen molar-refractivity contribution in [1.82, 2.24) is 0 Å². The topological polar surface area (TPSA) is 20.2 Å². The molecule has 0 bridgehead atoms. The summed E-state index contributed by atoms with van der Waals surface area (Å²) in [6.45, 7) is 4.06.